The van der Waals surface area contributed by atoms with Crippen molar-refractivity contribution in [2.75, 3.05) is 7.11 Å². The summed E-state index contributed by atoms with van der Waals surface area (Å²) in [4.78, 5) is 26.1. The summed E-state index contributed by atoms with van der Waals surface area (Å²) >= 11 is 0. The molecule has 0 aliphatic carbocycles. The van der Waals surface area contributed by atoms with Crippen molar-refractivity contribution in [1.82, 2.24) is 14.7 Å². The number of ether oxygens (including phenoxy) is 2. The molecule has 0 atom stereocenters. The molecule has 0 unspecified atom stereocenters. The summed E-state index contributed by atoms with van der Waals surface area (Å²) < 4.78 is 12.2. The van der Waals surface area contributed by atoms with Gasteiger partial charge in [-0.2, -0.15) is 5.26 Å². The third kappa shape index (κ3) is 4.64. The third-order valence-electron chi connectivity index (χ3n) is 4.39. The van der Waals surface area contributed by atoms with Gasteiger partial charge in [-0.1, -0.05) is 12.1 Å². The predicted octanol–water partition coefficient (Wildman–Crippen LogP) is 3.28. The first kappa shape index (κ1) is 20.6. The van der Waals surface area contributed by atoms with E-state index >= 15 is 0 Å². The van der Waals surface area contributed by atoms with E-state index in [0.717, 1.165) is 10.5 Å². The van der Waals surface area contributed by atoms with Gasteiger partial charge in [0.05, 0.1) is 25.3 Å². The summed E-state index contributed by atoms with van der Waals surface area (Å²) in [5.74, 6) is 0.665. The lowest BCUT2D eigenvalue weighted by Gasteiger charge is -2.19. The second-order valence-corrected chi connectivity index (χ2v) is 6.49. The molecule has 8 nitrogen and oxygen atoms in total. The molecule has 0 radical (unpaired) electrons. The maximum atomic E-state index is 12.8. The van der Waals surface area contributed by atoms with Gasteiger partial charge in [-0.3, -0.25) is 19.2 Å². The number of rotatable bonds is 6. The summed E-state index contributed by atoms with van der Waals surface area (Å²) in [6.45, 7) is 1.45. The van der Waals surface area contributed by atoms with Crippen molar-refractivity contribution in [3.05, 3.63) is 71.4 Å². The third-order valence-corrected chi connectivity index (χ3v) is 4.39. The Kier molecular flexibility index (Phi) is 6.13. The van der Waals surface area contributed by atoms with E-state index in [1.165, 1.54) is 24.8 Å². The zero-order valence-corrected chi connectivity index (χ0v) is 16.8. The van der Waals surface area contributed by atoms with Crippen molar-refractivity contribution >= 4 is 11.8 Å². The van der Waals surface area contributed by atoms with Crippen LogP contribution < -0.4 is 9.47 Å². The van der Waals surface area contributed by atoms with Crippen molar-refractivity contribution < 1.29 is 19.1 Å². The van der Waals surface area contributed by atoms with Gasteiger partial charge in [-0.05, 0) is 42.0 Å². The van der Waals surface area contributed by atoms with Crippen LogP contribution in [0.3, 0.4) is 0 Å². The molecule has 0 saturated carbocycles. The van der Waals surface area contributed by atoms with Crippen LogP contribution in [0.1, 0.15) is 28.5 Å². The molecule has 0 aliphatic rings. The van der Waals surface area contributed by atoms with E-state index in [1.54, 1.807) is 55.6 Å². The van der Waals surface area contributed by atoms with Crippen LogP contribution in [-0.4, -0.2) is 33.6 Å². The number of hydrogen-bond acceptors (Lipinski definition) is 6. The van der Waals surface area contributed by atoms with E-state index in [2.05, 4.69) is 11.2 Å². The lowest BCUT2D eigenvalue weighted by molar-refractivity contribution is -0.126. The Balaban J connectivity index is 1.72. The fraction of sp³-hybridized carbons (Fsp3) is 0.182. The molecule has 0 spiro atoms. The minimum absolute atomic E-state index is 0.110. The van der Waals surface area contributed by atoms with Crippen LogP contribution in [0.5, 0.6) is 17.4 Å². The number of carbonyl (C=O) groups is 2. The summed E-state index contributed by atoms with van der Waals surface area (Å²) in [5, 5.41) is 12.9. The maximum absolute atomic E-state index is 12.8. The molecule has 0 bridgehead atoms. The number of nitrogens with zero attached hydrogens (tertiary/aromatic N) is 4. The van der Waals surface area contributed by atoms with Gasteiger partial charge in [-0.15, -0.1) is 5.10 Å². The minimum atomic E-state index is -0.460. The summed E-state index contributed by atoms with van der Waals surface area (Å²) in [7, 11) is 3.07. The number of imide groups is 1. The predicted molar refractivity (Wildman–Crippen MR) is 108 cm³/mol. The second kappa shape index (κ2) is 8.92. The molecule has 3 aromatic rings. The van der Waals surface area contributed by atoms with Crippen LogP contribution in [0.15, 0.2) is 54.6 Å². The molecule has 2 aromatic carbocycles. The molecule has 30 heavy (non-hydrogen) atoms. The van der Waals surface area contributed by atoms with Gasteiger partial charge in [0.25, 0.3) is 5.91 Å². The molecule has 0 aliphatic heterocycles. The van der Waals surface area contributed by atoms with Gasteiger partial charge < -0.3 is 9.47 Å². The minimum Gasteiger partial charge on any atom is -0.480 e. The van der Waals surface area contributed by atoms with Crippen LogP contribution in [0.2, 0.25) is 0 Å². The molecule has 0 fully saturated rings. The van der Waals surface area contributed by atoms with Crippen molar-refractivity contribution in [2.45, 2.75) is 13.5 Å². The van der Waals surface area contributed by atoms with E-state index in [9.17, 15) is 9.59 Å². The Morgan fingerprint density at radius 1 is 1.10 bits per heavy atom. The number of carbonyl (C=O) groups excluding carboxylic acids is 2. The molecule has 2 amide bonds. The molecular weight excluding hydrogens is 384 g/mol. The van der Waals surface area contributed by atoms with Crippen LogP contribution >= 0.6 is 0 Å². The van der Waals surface area contributed by atoms with Crippen molar-refractivity contribution in [2.24, 2.45) is 7.05 Å². The zero-order chi connectivity index (χ0) is 21.7. The molecule has 0 N–H and O–H groups in total. The number of hydrogen-bond donors (Lipinski definition) is 0. The number of amides is 2. The first-order chi connectivity index (χ1) is 14.4. The van der Waals surface area contributed by atoms with Crippen LogP contribution in [-0.2, 0) is 18.4 Å². The maximum Gasteiger partial charge on any atom is 0.279 e. The lowest BCUT2D eigenvalue weighted by Crippen LogP contribution is -2.35. The molecule has 8 heteroatoms. The highest BCUT2D eigenvalue weighted by Gasteiger charge is 2.24. The summed E-state index contributed by atoms with van der Waals surface area (Å²) in [6.07, 6.45) is 0. The normalized spacial score (nSPS) is 10.2. The molecule has 3 rings (SSSR count). The first-order valence-corrected chi connectivity index (χ1v) is 9.08. The molecule has 0 saturated heterocycles. The van der Waals surface area contributed by atoms with E-state index in [1.807, 2.05) is 0 Å². The average molecular weight is 404 g/mol. The topological polar surface area (TPSA) is 97.5 Å². The van der Waals surface area contributed by atoms with Crippen LogP contribution in [0.25, 0.3) is 0 Å². The SMILES string of the molecule is COc1cc(C(=O)N(Cc2ccc(Oc3ccc(C#N)cc3)cc2)C(C)=O)n(C)n1. The number of methoxy groups -OCH3 is 1. The first-order valence-electron chi connectivity index (χ1n) is 9.08. The Morgan fingerprint density at radius 2 is 1.70 bits per heavy atom. The monoisotopic (exact) mass is 404 g/mol. The fourth-order valence-corrected chi connectivity index (χ4v) is 2.78. The Morgan fingerprint density at radius 3 is 2.20 bits per heavy atom. The van der Waals surface area contributed by atoms with Gasteiger partial charge in [0, 0.05) is 20.0 Å². The van der Waals surface area contributed by atoms with Gasteiger partial charge in [-0.25, -0.2) is 0 Å². The Labute approximate surface area is 173 Å². The molecule has 1 aromatic heterocycles. The highest BCUT2D eigenvalue weighted by Crippen LogP contribution is 2.23. The summed E-state index contributed by atoms with van der Waals surface area (Å²) in [6, 6.07) is 17.4. The highest BCUT2D eigenvalue weighted by atomic mass is 16.5. The van der Waals surface area contributed by atoms with E-state index in [4.69, 9.17) is 14.7 Å². The second-order valence-electron chi connectivity index (χ2n) is 6.49. The quantitative estimate of drug-likeness (QED) is 0.625. The standard InChI is InChI=1S/C22H20N4O4/c1-15(27)26(22(28)20-12-21(29-3)24-25(20)2)14-17-6-10-19(11-7-17)30-18-8-4-16(13-23)5-9-18/h4-12H,14H2,1-3H3. The molecular formula is C22H20N4O4. The average Bonchev–Trinajstić information content (AvgIpc) is 3.14. The van der Waals surface area contributed by atoms with Crippen molar-refractivity contribution in [3.63, 3.8) is 0 Å². The highest BCUT2D eigenvalue weighted by molar-refractivity contribution is 6.03. The van der Waals surface area contributed by atoms with Crippen LogP contribution in [0, 0.1) is 11.3 Å². The Bertz CT molecular complexity index is 1100. The molecule has 1 heterocycles. The van der Waals surface area contributed by atoms with Crippen LogP contribution in [0.4, 0.5) is 0 Å². The van der Waals surface area contributed by atoms with Gasteiger partial charge >= 0.3 is 0 Å². The van der Waals surface area contributed by atoms with E-state index < -0.39 is 5.91 Å². The number of nitriles is 1. The fourth-order valence-electron chi connectivity index (χ4n) is 2.78. The number of aryl methyl sites for hydroxylation is 1. The largest absolute Gasteiger partial charge is 0.480 e. The van der Waals surface area contributed by atoms with E-state index in [-0.39, 0.29) is 18.1 Å². The summed E-state index contributed by atoms with van der Waals surface area (Å²) in [5.41, 5.74) is 1.57. The zero-order valence-electron chi connectivity index (χ0n) is 16.8. The lowest BCUT2D eigenvalue weighted by atomic mass is 10.2. The van der Waals surface area contributed by atoms with Gasteiger partial charge in [0.2, 0.25) is 11.8 Å². The number of benzene rings is 2. The van der Waals surface area contributed by atoms with Gasteiger partial charge in [0.1, 0.15) is 17.2 Å². The van der Waals surface area contributed by atoms with E-state index in [0.29, 0.717) is 22.9 Å². The van der Waals surface area contributed by atoms with Crippen molar-refractivity contribution in [3.8, 4) is 23.4 Å². The number of aromatic nitrogens is 2. The Hall–Kier alpha value is -4.12. The van der Waals surface area contributed by atoms with Crippen molar-refractivity contribution in [1.29, 1.82) is 5.26 Å². The smallest absolute Gasteiger partial charge is 0.279 e. The molecule has 152 valence electrons. The van der Waals surface area contributed by atoms with Gasteiger partial charge in [0.15, 0.2) is 0 Å².